The molecule has 1 heterocycles. The minimum absolute atomic E-state index is 0.0207. The van der Waals surface area contributed by atoms with Gasteiger partial charge in [0.2, 0.25) is 0 Å². The SMILES string of the molecule is CC(C)(C)c1cccc(OCC(=O)Nc2nccs2)c1. The molecule has 0 spiro atoms. The van der Waals surface area contributed by atoms with Gasteiger partial charge in [-0.25, -0.2) is 4.98 Å². The minimum atomic E-state index is -0.207. The Morgan fingerprint density at radius 2 is 2.20 bits per heavy atom. The molecule has 0 unspecified atom stereocenters. The second-order valence-electron chi connectivity index (χ2n) is 5.45. The molecule has 1 amide bonds. The number of hydrogen-bond acceptors (Lipinski definition) is 4. The van der Waals surface area contributed by atoms with Crippen LogP contribution in [0.4, 0.5) is 5.13 Å². The van der Waals surface area contributed by atoms with Gasteiger partial charge < -0.3 is 4.74 Å². The number of thiazole rings is 1. The average Bonchev–Trinajstić information content (AvgIpc) is 2.88. The van der Waals surface area contributed by atoms with E-state index in [-0.39, 0.29) is 17.9 Å². The molecule has 0 saturated heterocycles. The van der Waals surface area contributed by atoms with Crippen LogP contribution < -0.4 is 10.1 Å². The van der Waals surface area contributed by atoms with E-state index in [1.165, 1.54) is 16.9 Å². The van der Waals surface area contributed by atoms with Crippen LogP contribution in [0.3, 0.4) is 0 Å². The van der Waals surface area contributed by atoms with Gasteiger partial charge in [-0.2, -0.15) is 0 Å². The van der Waals surface area contributed by atoms with Crippen molar-refractivity contribution in [2.24, 2.45) is 0 Å². The first kappa shape index (κ1) is 14.5. The van der Waals surface area contributed by atoms with Crippen molar-refractivity contribution in [3.63, 3.8) is 0 Å². The van der Waals surface area contributed by atoms with E-state index in [0.717, 1.165) is 0 Å². The third kappa shape index (κ3) is 4.06. The fourth-order valence-corrected chi connectivity index (χ4v) is 2.19. The Labute approximate surface area is 122 Å². The lowest BCUT2D eigenvalue weighted by Crippen LogP contribution is -2.20. The van der Waals surface area contributed by atoms with Crippen LogP contribution in [0.1, 0.15) is 26.3 Å². The largest absolute Gasteiger partial charge is 0.484 e. The maximum absolute atomic E-state index is 11.7. The number of aromatic nitrogens is 1. The van der Waals surface area contributed by atoms with E-state index in [1.807, 2.05) is 23.6 Å². The third-order valence-corrected chi connectivity index (χ3v) is 3.44. The van der Waals surface area contributed by atoms with Crippen LogP contribution in [0.25, 0.3) is 0 Å². The summed E-state index contributed by atoms with van der Waals surface area (Å²) in [6.45, 7) is 6.40. The molecule has 2 rings (SSSR count). The van der Waals surface area contributed by atoms with Crippen LogP contribution in [-0.4, -0.2) is 17.5 Å². The van der Waals surface area contributed by atoms with Crippen molar-refractivity contribution in [2.45, 2.75) is 26.2 Å². The summed E-state index contributed by atoms with van der Waals surface area (Å²) >= 11 is 1.38. The zero-order valence-corrected chi connectivity index (χ0v) is 12.7. The highest BCUT2D eigenvalue weighted by molar-refractivity contribution is 7.13. The molecule has 0 aliphatic rings. The molecule has 0 radical (unpaired) electrons. The van der Waals surface area contributed by atoms with Gasteiger partial charge in [0.25, 0.3) is 5.91 Å². The Hall–Kier alpha value is -1.88. The highest BCUT2D eigenvalue weighted by Gasteiger charge is 2.14. The fourth-order valence-electron chi connectivity index (χ4n) is 1.64. The van der Waals surface area contributed by atoms with Gasteiger partial charge in [0, 0.05) is 11.6 Å². The lowest BCUT2D eigenvalue weighted by molar-refractivity contribution is -0.118. The molecular weight excluding hydrogens is 272 g/mol. The molecule has 0 bridgehead atoms. The van der Waals surface area contributed by atoms with Crippen molar-refractivity contribution in [3.05, 3.63) is 41.4 Å². The monoisotopic (exact) mass is 290 g/mol. The van der Waals surface area contributed by atoms with Crippen molar-refractivity contribution in [1.29, 1.82) is 0 Å². The first-order valence-electron chi connectivity index (χ1n) is 6.38. The minimum Gasteiger partial charge on any atom is -0.484 e. The van der Waals surface area contributed by atoms with E-state index in [9.17, 15) is 4.79 Å². The summed E-state index contributed by atoms with van der Waals surface area (Å²) in [5.41, 5.74) is 1.23. The summed E-state index contributed by atoms with van der Waals surface area (Å²) in [5.74, 6) is 0.493. The highest BCUT2D eigenvalue weighted by Crippen LogP contribution is 2.25. The van der Waals surface area contributed by atoms with Gasteiger partial charge >= 0.3 is 0 Å². The lowest BCUT2D eigenvalue weighted by Gasteiger charge is -2.19. The van der Waals surface area contributed by atoms with Gasteiger partial charge in [0.15, 0.2) is 11.7 Å². The van der Waals surface area contributed by atoms with Crippen molar-refractivity contribution in [1.82, 2.24) is 4.98 Å². The van der Waals surface area contributed by atoms with Crippen molar-refractivity contribution >= 4 is 22.4 Å². The second kappa shape index (κ2) is 6.05. The van der Waals surface area contributed by atoms with Crippen molar-refractivity contribution < 1.29 is 9.53 Å². The highest BCUT2D eigenvalue weighted by atomic mass is 32.1. The third-order valence-electron chi connectivity index (χ3n) is 2.75. The Bertz CT molecular complexity index is 574. The number of carbonyl (C=O) groups is 1. The number of hydrogen-bond donors (Lipinski definition) is 1. The fraction of sp³-hybridized carbons (Fsp3) is 0.333. The molecule has 2 aromatic rings. The Kier molecular flexibility index (Phi) is 4.39. The zero-order valence-electron chi connectivity index (χ0n) is 11.8. The van der Waals surface area contributed by atoms with Gasteiger partial charge in [-0.05, 0) is 23.1 Å². The van der Waals surface area contributed by atoms with Crippen molar-refractivity contribution in [2.75, 3.05) is 11.9 Å². The first-order chi connectivity index (χ1) is 9.45. The first-order valence-corrected chi connectivity index (χ1v) is 7.26. The van der Waals surface area contributed by atoms with Gasteiger partial charge in [-0.3, -0.25) is 10.1 Å². The maximum Gasteiger partial charge on any atom is 0.264 e. The summed E-state index contributed by atoms with van der Waals surface area (Å²) in [4.78, 5) is 15.7. The Morgan fingerprint density at radius 1 is 1.40 bits per heavy atom. The predicted octanol–water partition coefficient (Wildman–Crippen LogP) is 3.46. The van der Waals surface area contributed by atoms with E-state index in [4.69, 9.17) is 4.74 Å². The second-order valence-corrected chi connectivity index (χ2v) is 6.35. The van der Waals surface area contributed by atoms with Crippen LogP contribution in [0.15, 0.2) is 35.8 Å². The van der Waals surface area contributed by atoms with Gasteiger partial charge in [-0.15, -0.1) is 11.3 Å². The average molecular weight is 290 g/mol. The normalized spacial score (nSPS) is 11.2. The molecule has 0 aliphatic carbocycles. The number of rotatable bonds is 4. The van der Waals surface area contributed by atoms with Crippen LogP contribution in [0.5, 0.6) is 5.75 Å². The Balaban J connectivity index is 1.92. The number of nitrogens with zero attached hydrogens (tertiary/aromatic N) is 1. The van der Waals surface area contributed by atoms with Gasteiger partial charge in [-0.1, -0.05) is 32.9 Å². The molecular formula is C15H18N2O2S. The molecule has 0 fully saturated rings. The van der Waals surface area contributed by atoms with E-state index in [0.29, 0.717) is 10.9 Å². The summed E-state index contributed by atoms with van der Waals surface area (Å²) < 4.78 is 5.52. The van der Waals surface area contributed by atoms with Crippen molar-refractivity contribution in [3.8, 4) is 5.75 Å². The predicted molar refractivity (Wildman–Crippen MR) is 81.4 cm³/mol. The molecule has 106 valence electrons. The smallest absolute Gasteiger partial charge is 0.264 e. The van der Waals surface area contributed by atoms with Crippen LogP contribution in [0, 0.1) is 0 Å². The van der Waals surface area contributed by atoms with Crippen LogP contribution >= 0.6 is 11.3 Å². The number of benzene rings is 1. The molecule has 5 heteroatoms. The van der Waals surface area contributed by atoms with Crippen LogP contribution in [-0.2, 0) is 10.2 Å². The maximum atomic E-state index is 11.7. The molecule has 0 saturated carbocycles. The molecule has 1 aromatic heterocycles. The van der Waals surface area contributed by atoms with Crippen LogP contribution in [0.2, 0.25) is 0 Å². The van der Waals surface area contributed by atoms with E-state index >= 15 is 0 Å². The van der Waals surface area contributed by atoms with E-state index in [1.54, 1.807) is 6.20 Å². The van der Waals surface area contributed by atoms with E-state index < -0.39 is 0 Å². The van der Waals surface area contributed by atoms with Gasteiger partial charge in [0.05, 0.1) is 0 Å². The standard InChI is InChI=1S/C15H18N2O2S/c1-15(2,3)11-5-4-6-12(9-11)19-10-13(18)17-14-16-7-8-20-14/h4-9H,10H2,1-3H3,(H,16,17,18). The molecule has 1 aromatic carbocycles. The number of ether oxygens (including phenoxy) is 1. The summed E-state index contributed by atoms with van der Waals surface area (Å²) in [7, 11) is 0. The lowest BCUT2D eigenvalue weighted by atomic mass is 9.87. The summed E-state index contributed by atoms with van der Waals surface area (Å²) in [6.07, 6.45) is 1.65. The summed E-state index contributed by atoms with van der Waals surface area (Å²) in [6, 6.07) is 7.82. The number of amides is 1. The number of nitrogens with one attached hydrogen (secondary N) is 1. The molecule has 0 aliphatic heterocycles. The molecule has 0 atom stereocenters. The number of carbonyl (C=O) groups excluding carboxylic acids is 1. The van der Waals surface area contributed by atoms with E-state index in [2.05, 4.69) is 37.1 Å². The molecule has 4 nitrogen and oxygen atoms in total. The topological polar surface area (TPSA) is 51.2 Å². The quantitative estimate of drug-likeness (QED) is 0.938. The zero-order chi connectivity index (χ0) is 14.6. The molecule has 1 N–H and O–H groups in total. The van der Waals surface area contributed by atoms with Gasteiger partial charge in [0.1, 0.15) is 5.75 Å². The number of anilines is 1. The molecule has 20 heavy (non-hydrogen) atoms. The Morgan fingerprint density at radius 3 is 2.85 bits per heavy atom. The summed E-state index contributed by atoms with van der Waals surface area (Å²) in [5, 5.41) is 5.07.